The second-order valence-corrected chi connectivity index (χ2v) is 37.1. The van der Waals surface area contributed by atoms with Crippen molar-refractivity contribution in [3.8, 4) is 33.4 Å². The smallest absolute Gasteiger partial charge is 0.757 e. The van der Waals surface area contributed by atoms with Crippen molar-refractivity contribution in [2.45, 2.75) is 157 Å². The molecule has 37 nitrogen and oxygen atoms in total. The summed E-state index contributed by atoms with van der Waals surface area (Å²) in [6.45, 7) is 25.4. The Balaban J connectivity index is 0.000000312. The largest absolute Gasteiger partial charge is 1.00 e. The first-order valence-corrected chi connectivity index (χ1v) is 46.9. The van der Waals surface area contributed by atoms with Crippen LogP contribution >= 0.6 is 87.6 Å². The van der Waals surface area contributed by atoms with Crippen LogP contribution < -0.4 is 76.2 Å². The minimum atomic E-state index is -0.639. The van der Waals surface area contributed by atoms with Gasteiger partial charge in [0, 0.05) is 111 Å². The van der Waals surface area contributed by atoms with Gasteiger partial charge in [0.05, 0.1) is 74.9 Å². The number of carbonyl (C=O) groups excluding carboxylic acids is 9. The Morgan fingerprint density at radius 1 is 0.482 bits per heavy atom. The number of halogens is 7. The number of hydrogen-bond donors (Lipinski definition) is 10. The normalized spacial score (nSPS) is 14.0. The molecule has 0 unspecified atom stereocenters. The molecule has 3 saturated heterocycles. The standard InChI is InChI=1S/C28H33FN6O5S.C23H25FN6O3S.C19H18ClFN2O3.C9H16N4O2S.C7H14BrNO2.C2H3N3S.2ClH.Na/c1-18(36)30-14-22-17-35(27(38)39-22)21-9-10-23(24(29)13-21)20-7-5-19(6-8-20)16-34(26(37)40-28(2,3)4)11-12-41-25-15-31-33-32-25;1-15(31)26-12-19-14-30(23(32)33-19)18-6-7-20(21(24)10-18)17-4-2-16(3-5-17)11-25-8-9-34-22-13-27-29-28-22;1-12(24)22-10-16-11-23(19(25)26-16)15-6-7-17(18(21)8-15)14-4-2-13(9-20)3-5-14;1-9(2,3)15-8(14)10-4-5-16-7-6-11-13-12-7;1-7(2,3)11-6(10)9-5-4-8;6-2-1-3-5-4-2;;;/h5-10,13,15,22H,11-12,14,16-17H2,1-4H3,(H,30,36)(H,31,32,33);2-7,10,13,19,25H,8-9,11-12,14H2,1H3,(H,26,31)(H,27,28,29);2-8,16H,9-11H2,1H3,(H,22,24);6H,4-5H2,1-3H3,(H,10,14)(H,11,12,13);4-5H2,1-3H3,(H,9,10);1H,(H2,3,4,5,6);2*1H;/q;;;;;;;;+1/p-1/t22-;19-;16-;;;;;;/m000....../s1. The van der Waals surface area contributed by atoms with Crippen LogP contribution in [0.4, 0.5) is 59.0 Å². The van der Waals surface area contributed by atoms with Crippen LogP contribution in [0, 0.1) is 17.5 Å². The number of H-pyrrole nitrogens is 4. The summed E-state index contributed by atoms with van der Waals surface area (Å²) in [7, 11) is 0. The van der Waals surface area contributed by atoms with Crippen molar-refractivity contribution in [2.24, 2.45) is 0 Å². The Kier molecular flexibility index (Phi) is 50.2. The summed E-state index contributed by atoms with van der Waals surface area (Å²) >= 11 is 18.1. The summed E-state index contributed by atoms with van der Waals surface area (Å²) in [5.41, 5.74) is 6.01. The predicted octanol–water partition coefficient (Wildman–Crippen LogP) is 12.1. The van der Waals surface area contributed by atoms with E-state index in [-0.39, 0.29) is 117 Å². The zero-order chi connectivity index (χ0) is 97.5. The number of nitrogens with one attached hydrogen (secondary N) is 10. The molecule has 13 rings (SSSR count). The number of aromatic nitrogens is 12. The molecular weight excluding hydrogens is 2000 g/mol. The quantitative estimate of drug-likeness (QED) is 0.00482. The molecule has 6 aromatic carbocycles. The average Bonchev–Trinajstić information content (AvgIpc) is 1.77. The molecule has 7 heterocycles. The number of anilines is 3. The Bertz CT molecular complexity index is 5410. The maximum atomic E-state index is 15.2. The number of rotatable bonds is 31. The number of alkyl halides is 2. The molecule has 4 aromatic heterocycles. The van der Waals surface area contributed by atoms with Crippen molar-refractivity contribution >= 4 is 172 Å². The van der Waals surface area contributed by atoms with Crippen LogP contribution in [0.1, 0.15) is 99.8 Å². The van der Waals surface area contributed by atoms with E-state index < -0.39 is 83.0 Å². The fourth-order valence-electron chi connectivity index (χ4n) is 11.9. The summed E-state index contributed by atoms with van der Waals surface area (Å²) in [5, 5.41) is 60.2. The molecule has 10 aromatic rings. The molecule has 3 aliphatic heterocycles. The van der Waals surface area contributed by atoms with E-state index in [2.05, 4.69) is 122 Å². The van der Waals surface area contributed by atoms with Crippen LogP contribution in [0.5, 0.6) is 0 Å². The topological polar surface area (TPSA) is 460 Å². The number of cyclic esters (lactones) is 3. The van der Waals surface area contributed by atoms with Crippen molar-refractivity contribution in [1.82, 2.24) is 98.4 Å². The number of hydrogen-bond acceptors (Lipinski definition) is 28. The molecule has 9 amide bonds. The average molecular weight is 2110 g/mol. The second-order valence-electron chi connectivity index (χ2n) is 32.3. The van der Waals surface area contributed by atoms with E-state index in [1.165, 1.54) is 83.4 Å². The van der Waals surface area contributed by atoms with Crippen LogP contribution in [-0.2, 0) is 74.4 Å². The van der Waals surface area contributed by atoms with Crippen molar-refractivity contribution in [3.05, 3.63) is 186 Å². The summed E-state index contributed by atoms with van der Waals surface area (Å²) in [4.78, 5) is 110. The third-order valence-corrected chi connectivity index (χ3v) is 21.5. The predicted molar refractivity (Wildman–Crippen MR) is 522 cm³/mol. The van der Waals surface area contributed by atoms with Gasteiger partial charge in [0.15, 0.2) is 0 Å². The molecule has 0 radical (unpaired) electrons. The van der Waals surface area contributed by atoms with Gasteiger partial charge in [0.25, 0.3) is 0 Å². The van der Waals surface area contributed by atoms with Gasteiger partial charge >= 0.3 is 66.1 Å². The van der Waals surface area contributed by atoms with Gasteiger partial charge < -0.3 is 77.9 Å². The number of amides is 9. The summed E-state index contributed by atoms with van der Waals surface area (Å²) in [6, 6.07) is 36.1. The van der Waals surface area contributed by atoms with Gasteiger partial charge in [-0.3, -0.25) is 29.1 Å². The first-order chi connectivity index (χ1) is 63.8. The SMILES string of the molecule is CC(=O)NC[C@H]1CN(c2ccc(-c3ccc(CCl)cc3)c(F)c2)C(=O)O1.CC(=O)NC[C@H]1CN(c2ccc(-c3ccc(CN(CCSc4cn[nH]n4)C(=O)OC(C)(C)C)cc3)c(F)c2)C(=O)O1.CC(=O)NC[C@H]1CN(c2ccc(-c3ccc(CNCCSc4cn[nH]n4)cc3)c(F)c2)C(=O)O1.CC(C)(C)OC(=O)NCCBr.CC(C)(C)OC(=O)NCCSc1cn[nH]n1.Cl.Cl.[Na+].[S-]c1cn[nH]n1. The molecule has 0 bridgehead atoms. The van der Waals surface area contributed by atoms with Crippen molar-refractivity contribution < 1.29 is 114 Å². The van der Waals surface area contributed by atoms with Crippen molar-refractivity contribution in [2.75, 3.05) is 103 Å². The molecule has 0 spiro atoms. The summed E-state index contributed by atoms with van der Waals surface area (Å²) in [6.07, 6.45) is 2.10. The monoisotopic (exact) mass is 2110 g/mol. The third-order valence-electron chi connectivity index (χ3n) is 17.9. The molecule has 3 aliphatic rings. The third kappa shape index (κ3) is 42.7. The number of thioether (sulfide) groups is 3. The van der Waals surface area contributed by atoms with E-state index in [4.69, 9.17) is 40.0 Å². The van der Waals surface area contributed by atoms with Crippen molar-refractivity contribution in [3.63, 3.8) is 0 Å². The zero-order valence-electron chi connectivity index (χ0n) is 77.5. The van der Waals surface area contributed by atoms with E-state index in [1.807, 2.05) is 123 Å². The van der Waals surface area contributed by atoms with Crippen LogP contribution in [0.3, 0.4) is 0 Å². The van der Waals surface area contributed by atoms with E-state index >= 15 is 4.39 Å². The number of carbonyl (C=O) groups is 9. The van der Waals surface area contributed by atoms with Gasteiger partial charge in [-0.1, -0.05) is 88.7 Å². The maximum Gasteiger partial charge on any atom is 1.00 e. The van der Waals surface area contributed by atoms with Gasteiger partial charge in [0.1, 0.15) is 67.6 Å². The molecule has 137 heavy (non-hydrogen) atoms. The van der Waals surface area contributed by atoms with Gasteiger partial charge in [-0.15, -0.1) is 87.0 Å². The van der Waals surface area contributed by atoms with E-state index in [1.54, 1.807) is 83.8 Å². The van der Waals surface area contributed by atoms with E-state index in [0.29, 0.717) is 88.7 Å². The van der Waals surface area contributed by atoms with Crippen LogP contribution in [0.2, 0.25) is 0 Å². The maximum absolute atomic E-state index is 15.2. The van der Waals surface area contributed by atoms with E-state index in [9.17, 15) is 51.9 Å². The van der Waals surface area contributed by atoms with Crippen LogP contribution in [0.25, 0.3) is 33.4 Å². The molecular formula is C88H110BrCl3F3N22NaO15S4. The molecule has 0 aliphatic carbocycles. The fourth-order valence-corrected chi connectivity index (χ4v) is 14.5. The van der Waals surface area contributed by atoms with Crippen molar-refractivity contribution in [1.29, 1.82) is 0 Å². The number of nitrogens with zero attached hydrogens (tertiary/aromatic N) is 12. The zero-order valence-corrected chi connectivity index (χ0v) is 86.8. The second kappa shape index (κ2) is 58.9. The number of alkyl carbamates (subject to hydrolysis) is 2. The molecule has 3 fully saturated rings. The van der Waals surface area contributed by atoms with Gasteiger partial charge in [0.2, 0.25) is 17.7 Å². The molecule has 0 saturated carbocycles. The Labute approximate surface area is 857 Å². The Hall–Kier alpha value is -10.7. The van der Waals surface area contributed by atoms with Gasteiger partial charge in [-0.2, -0.15) is 46.3 Å². The molecule has 736 valence electrons. The molecule has 49 heteroatoms. The first-order valence-electron chi connectivity index (χ1n) is 41.8. The van der Waals surface area contributed by atoms with E-state index in [0.717, 1.165) is 66.3 Å². The van der Waals surface area contributed by atoms with Crippen LogP contribution in [-0.4, -0.2) is 244 Å². The Morgan fingerprint density at radius 2 is 0.825 bits per heavy atom. The number of benzene rings is 6. The Morgan fingerprint density at radius 3 is 1.14 bits per heavy atom. The molecule has 10 N–H and O–H groups in total. The number of ether oxygens (including phenoxy) is 6. The van der Waals surface area contributed by atoms with Crippen LogP contribution in [0.15, 0.2) is 172 Å². The number of aromatic amines is 4. The van der Waals surface area contributed by atoms with Gasteiger partial charge in [-0.05, 0) is 155 Å². The van der Waals surface area contributed by atoms with Gasteiger partial charge in [-0.25, -0.2) is 41.9 Å². The first kappa shape index (κ1) is 117. The fraction of sp³-hybridized carbons (Fsp3) is 0.398. The summed E-state index contributed by atoms with van der Waals surface area (Å²) in [5.74, 6) is 0.633. The minimum Gasteiger partial charge on any atom is -0.757 e. The summed E-state index contributed by atoms with van der Waals surface area (Å²) < 4.78 is 76.0. The minimum absolute atomic E-state index is 0. The molecule has 3 atom stereocenters.